The van der Waals surface area contributed by atoms with E-state index in [0.717, 1.165) is 31.9 Å². The number of methoxy groups -OCH3 is 3. The summed E-state index contributed by atoms with van der Waals surface area (Å²) in [7, 11) is 4.63. The molecular weight excluding hydrogens is 386 g/mol. The summed E-state index contributed by atoms with van der Waals surface area (Å²) in [6.07, 6.45) is 0.399. The van der Waals surface area contributed by atoms with Gasteiger partial charge >= 0.3 is 0 Å². The third-order valence-electron chi connectivity index (χ3n) is 5.19. The first kappa shape index (κ1) is 21.6. The minimum absolute atomic E-state index is 0.0646. The molecule has 162 valence electrons. The lowest BCUT2D eigenvalue weighted by Gasteiger charge is -2.36. The normalized spacial score (nSPS) is 14.3. The molecule has 1 aliphatic rings. The summed E-state index contributed by atoms with van der Waals surface area (Å²) in [6, 6.07) is 10.7. The number of carbonyl (C=O) groups excluding carboxylic acids is 1. The summed E-state index contributed by atoms with van der Waals surface area (Å²) in [6.45, 7) is 4.24. The van der Waals surface area contributed by atoms with Crippen LogP contribution in [0.15, 0.2) is 36.4 Å². The second kappa shape index (κ2) is 10.1. The summed E-state index contributed by atoms with van der Waals surface area (Å²) < 4.78 is 16.0. The predicted molar refractivity (Wildman–Crippen MR) is 116 cm³/mol. The minimum Gasteiger partial charge on any atom is -0.508 e. The number of aromatic hydroxyl groups is 1. The van der Waals surface area contributed by atoms with Crippen molar-refractivity contribution in [2.24, 2.45) is 0 Å². The van der Waals surface area contributed by atoms with E-state index in [-0.39, 0.29) is 11.7 Å². The third-order valence-corrected chi connectivity index (χ3v) is 5.19. The van der Waals surface area contributed by atoms with Gasteiger partial charge in [-0.3, -0.25) is 9.69 Å². The maximum absolute atomic E-state index is 12.4. The van der Waals surface area contributed by atoms with Gasteiger partial charge in [0.1, 0.15) is 5.75 Å². The summed E-state index contributed by atoms with van der Waals surface area (Å²) in [4.78, 5) is 17.0. The van der Waals surface area contributed by atoms with Crippen LogP contribution in [-0.2, 0) is 4.79 Å². The summed E-state index contributed by atoms with van der Waals surface area (Å²) in [5.74, 6) is 1.69. The number of piperazine rings is 1. The van der Waals surface area contributed by atoms with Gasteiger partial charge < -0.3 is 29.5 Å². The van der Waals surface area contributed by atoms with Crippen LogP contribution in [0.25, 0.3) is 0 Å². The molecule has 0 aromatic heterocycles. The molecule has 1 saturated heterocycles. The number of hydrogen-bond acceptors (Lipinski definition) is 7. The fraction of sp³-hybridized carbons (Fsp3) is 0.409. The first-order chi connectivity index (χ1) is 14.5. The monoisotopic (exact) mass is 415 g/mol. The van der Waals surface area contributed by atoms with Crippen molar-refractivity contribution in [3.63, 3.8) is 0 Å². The van der Waals surface area contributed by atoms with E-state index in [2.05, 4.69) is 15.1 Å². The molecule has 30 heavy (non-hydrogen) atoms. The molecule has 1 amide bonds. The Kier molecular flexibility index (Phi) is 7.24. The molecule has 0 bridgehead atoms. The Morgan fingerprint density at radius 1 is 0.967 bits per heavy atom. The van der Waals surface area contributed by atoms with Gasteiger partial charge in [0.25, 0.3) is 0 Å². The zero-order chi connectivity index (χ0) is 21.5. The minimum atomic E-state index is -0.0646. The molecule has 2 aromatic rings. The molecule has 0 radical (unpaired) electrons. The van der Waals surface area contributed by atoms with Gasteiger partial charge in [-0.05, 0) is 24.3 Å². The number of phenols is 1. The second-order valence-electron chi connectivity index (χ2n) is 7.06. The van der Waals surface area contributed by atoms with Crippen LogP contribution in [0, 0.1) is 0 Å². The van der Waals surface area contributed by atoms with Gasteiger partial charge in [0.15, 0.2) is 11.5 Å². The number of hydrogen-bond donors (Lipinski definition) is 2. The molecule has 2 aromatic carbocycles. The average molecular weight is 415 g/mol. The SMILES string of the molecule is COc1cc(NC(=O)CCN2CCN(c3ccc(O)cc3)CC2)cc(OC)c1OC. The van der Waals surface area contributed by atoms with Crippen molar-refractivity contribution in [2.45, 2.75) is 6.42 Å². The molecule has 0 atom stereocenters. The van der Waals surface area contributed by atoms with Crippen LogP contribution in [0.5, 0.6) is 23.0 Å². The average Bonchev–Trinajstić information content (AvgIpc) is 2.78. The van der Waals surface area contributed by atoms with Crippen molar-refractivity contribution in [2.75, 3.05) is 64.3 Å². The van der Waals surface area contributed by atoms with Crippen LogP contribution in [0.3, 0.4) is 0 Å². The summed E-state index contributed by atoms with van der Waals surface area (Å²) in [5, 5.41) is 12.3. The molecular formula is C22H29N3O5. The highest BCUT2D eigenvalue weighted by Gasteiger charge is 2.19. The number of carbonyl (C=O) groups is 1. The number of phenolic OH excluding ortho intramolecular Hbond substituents is 1. The molecule has 1 fully saturated rings. The Morgan fingerprint density at radius 2 is 1.57 bits per heavy atom. The molecule has 8 nitrogen and oxygen atoms in total. The number of anilines is 2. The number of amides is 1. The first-order valence-corrected chi connectivity index (χ1v) is 9.90. The Balaban J connectivity index is 1.49. The van der Waals surface area contributed by atoms with Gasteiger partial charge in [-0.1, -0.05) is 0 Å². The van der Waals surface area contributed by atoms with Gasteiger partial charge in [0.2, 0.25) is 11.7 Å². The van der Waals surface area contributed by atoms with Gasteiger partial charge in [-0.25, -0.2) is 0 Å². The van der Waals surface area contributed by atoms with Crippen LogP contribution in [0.2, 0.25) is 0 Å². The van der Waals surface area contributed by atoms with Crippen molar-refractivity contribution >= 4 is 17.3 Å². The maximum atomic E-state index is 12.4. The van der Waals surface area contributed by atoms with Crippen molar-refractivity contribution in [3.8, 4) is 23.0 Å². The number of nitrogens with zero attached hydrogens (tertiary/aromatic N) is 2. The van der Waals surface area contributed by atoms with Crippen molar-refractivity contribution < 1.29 is 24.1 Å². The number of nitrogens with one attached hydrogen (secondary N) is 1. The highest BCUT2D eigenvalue weighted by Crippen LogP contribution is 2.39. The highest BCUT2D eigenvalue weighted by atomic mass is 16.5. The molecule has 1 aliphatic heterocycles. The first-order valence-electron chi connectivity index (χ1n) is 9.90. The van der Waals surface area contributed by atoms with E-state index >= 15 is 0 Å². The second-order valence-corrected chi connectivity index (χ2v) is 7.06. The number of rotatable bonds is 8. The molecule has 2 N–H and O–H groups in total. The zero-order valence-corrected chi connectivity index (χ0v) is 17.7. The van der Waals surface area contributed by atoms with Crippen molar-refractivity contribution in [3.05, 3.63) is 36.4 Å². The largest absolute Gasteiger partial charge is 0.508 e. The summed E-state index contributed by atoms with van der Waals surface area (Å²) in [5.41, 5.74) is 1.71. The van der Waals surface area contributed by atoms with E-state index in [4.69, 9.17) is 14.2 Å². The Hall–Kier alpha value is -3.13. The smallest absolute Gasteiger partial charge is 0.225 e. The molecule has 3 rings (SSSR count). The van der Waals surface area contributed by atoms with Gasteiger partial charge in [-0.15, -0.1) is 0 Å². The van der Waals surface area contributed by atoms with Gasteiger partial charge in [0.05, 0.1) is 21.3 Å². The standard InChI is InChI=1S/C22H29N3O5/c1-28-19-14-16(15-20(29-2)22(19)30-3)23-21(27)8-9-24-10-12-25(13-11-24)17-4-6-18(26)7-5-17/h4-7,14-15,26H,8-13H2,1-3H3,(H,23,27). The number of benzene rings is 2. The van der Waals surface area contributed by atoms with Crippen LogP contribution in [0.4, 0.5) is 11.4 Å². The quantitative estimate of drug-likeness (QED) is 0.686. The van der Waals surface area contributed by atoms with Crippen LogP contribution < -0.4 is 24.4 Å². The van der Waals surface area contributed by atoms with Gasteiger partial charge in [0, 0.05) is 62.7 Å². The van der Waals surface area contributed by atoms with E-state index in [1.807, 2.05) is 12.1 Å². The fourth-order valence-electron chi connectivity index (χ4n) is 3.53. The maximum Gasteiger partial charge on any atom is 0.225 e. The Labute approximate surface area is 176 Å². The lowest BCUT2D eigenvalue weighted by molar-refractivity contribution is -0.116. The lowest BCUT2D eigenvalue weighted by Crippen LogP contribution is -2.47. The van der Waals surface area contributed by atoms with E-state index in [9.17, 15) is 9.90 Å². The predicted octanol–water partition coefficient (Wildman–Crippen LogP) is 2.57. The third kappa shape index (κ3) is 5.27. The molecule has 0 aliphatic carbocycles. The number of ether oxygens (including phenoxy) is 3. The van der Waals surface area contributed by atoms with Crippen molar-refractivity contribution in [1.29, 1.82) is 0 Å². The summed E-state index contributed by atoms with van der Waals surface area (Å²) >= 11 is 0. The lowest BCUT2D eigenvalue weighted by atomic mass is 10.2. The highest BCUT2D eigenvalue weighted by molar-refractivity contribution is 5.91. The fourth-order valence-corrected chi connectivity index (χ4v) is 3.53. The molecule has 1 heterocycles. The van der Waals surface area contributed by atoms with Gasteiger partial charge in [-0.2, -0.15) is 0 Å². The van der Waals surface area contributed by atoms with E-state index in [0.29, 0.717) is 35.9 Å². The molecule has 8 heteroatoms. The van der Waals surface area contributed by atoms with E-state index < -0.39 is 0 Å². The van der Waals surface area contributed by atoms with Crippen LogP contribution >= 0.6 is 0 Å². The van der Waals surface area contributed by atoms with Crippen molar-refractivity contribution in [1.82, 2.24) is 4.90 Å². The van der Waals surface area contributed by atoms with Crippen LogP contribution in [0.1, 0.15) is 6.42 Å². The Bertz CT molecular complexity index is 823. The molecule has 0 saturated carbocycles. The molecule has 0 spiro atoms. The topological polar surface area (TPSA) is 83.5 Å². The van der Waals surface area contributed by atoms with E-state index in [1.165, 1.54) is 0 Å². The zero-order valence-electron chi connectivity index (χ0n) is 17.7. The van der Waals surface area contributed by atoms with E-state index in [1.54, 1.807) is 45.6 Å². The van der Waals surface area contributed by atoms with Crippen LogP contribution in [-0.4, -0.2) is 70.0 Å². The Morgan fingerprint density at radius 3 is 2.10 bits per heavy atom. The molecule has 0 unspecified atom stereocenters.